The zero-order chi connectivity index (χ0) is 26.2. The Kier molecular flexibility index (Phi) is 16.2. The van der Waals surface area contributed by atoms with Crippen LogP contribution in [0.3, 0.4) is 0 Å². The second-order valence-corrected chi connectivity index (χ2v) is 13.8. The highest BCUT2D eigenvalue weighted by Gasteiger charge is 2.40. The number of hydrogen-bond acceptors (Lipinski definition) is 7. The van der Waals surface area contributed by atoms with Crippen molar-refractivity contribution >= 4 is 17.6 Å². The lowest BCUT2D eigenvalue weighted by Gasteiger charge is -2.28. The van der Waals surface area contributed by atoms with Crippen molar-refractivity contribution in [3.8, 4) is 5.75 Å². The van der Waals surface area contributed by atoms with E-state index in [-0.39, 0.29) is 0 Å². The molecule has 7 nitrogen and oxygen atoms in total. The van der Waals surface area contributed by atoms with Crippen LogP contribution in [0.4, 0.5) is 0 Å². The molecule has 35 heavy (non-hydrogen) atoms. The minimum absolute atomic E-state index is 0.593. The summed E-state index contributed by atoms with van der Waals surface area (Å²) in [7, 11) is -5.22. The highest BCUT2D eigenvalue weighted by atomic mass is 28.4. The van der Waals surface area contributed by atoms with Crippen LogP contribution in [-0.4, -0.2) is 63.9 Å². The van der Waals surface area contributed by atoms with Crippen molar-refractivity contribution in [3.05, 3.63) is 28.8 Å². The van der Waals surface area contributed by atoms with Gasteiger partial charge in [-0.3, -0.25) is 0 Å². The van der Waals surface area contributed by atoms with Crippen LogP contribution in [0.2, 0.25) is 12.1 Å². The Morgan fingerprint density at radius 1 is 0.571 bits per heavy atom. The van der Waals surface area contributed by atoms with Crippen molar-refractivity contribution < 1.29 is 31.3 Å². The van der Waals surface area contributed by atoms with Crippen molar-refractivity contribution in [3.63, 3.8) is 0 Å². The van der Waals surface area contributed by atoms with Gasteiger partial charge in [0.15, 0.2) is 0 Å². The smallest absolute Gasteiger partial charge is 0.493 e. The summed E-state index contributed by atoms with van der Waals surface area (Å²) in [5, 5.41) is 0. The van der Waals surface area contributed by atoms with Crippen LogP contribution >= 0.6 is 0 Å². The first-order valence-electron chi connectivity index (χ1n) is 13.4. The maximum Gasteiger partial charge on any atom is 0.501 e. The molecule has 0 radical (unpaired) electrons. The summed E-state index contributed by atoms with van der Waals surface area (Å²) in [5.74, 6) is 0.965. The maximum absolute atomic E-state index is 6.21. The van der Waals surface area contributed by atoms with Gasteiger partial charge in [0.25, 0.3) is 0 Å². The third-order valence-corrected chi connectivity index (χ3v) is 11.8. The molecular weight excluding hydrogens is 480 g/mol. The van der Waals surface area contributed by atoms with Gasteiger partial charge in [-0.25, -0.2) is 0 Å². The van der Waals surface area contributed by atoms with Gasteiger partial charge in [-0.05, 0) is 91.3 Å². The van der Waals surface area contributed by atoms with Gasteiger partial charge >= 0.3 is 17.6 Å². The van der Waals surface area contributed by atoms with Crippen LogP contribution in [0.25, 0.3) is 0 Å². The molecule has 0 unspecified atom stereocenters. The van der Waals surface area contributed by atoms with Crippen molar-refractivity contribution in [2.24, 2.45) is 0 Å². The predicted octanol–water partition coefficient (Wildman–Crippen LogP) is 6.10. The van der Waals surface area contributed by atoms with E-state index in [1.165, 1.54) is 5.56 Å². The number of rotatable bonds is 21. The van der Waals surface area contributed by atoms with Crippen molar-refractivity contribution in [1.29, 1.82) is 0 Å². The van der Waals surface area contributed by atoms with Gasteiger partial charge in [0.1, 0.15) is 5.75 Å². The third-order valence-electron chi connectivity index (χ3n) is 5.53. The first kappa shape index (κ1) is 32.2. The predicted molar refractivity (Wildman–Crippen MR) is 145 cm³/mol. The second-order valence-electron chi connectivity index (χ2n) is 8.33. The maximum atomic E-state index is 6.21. The summed E-state index contributed by atoms with van der Waals surface area (Å²) in [6.45, 7) is 20.4. The highest BCUT2D eigenvalue weighted by Crippen LogP contribution is 2.28. The molecule has 9 heteroatoms. The Morgan fingerprint density at radius 2 is 0.943 bits per heavy atom. The largest absolute Gasteiger partial charge is 0.501 e. The van der Waals surface area contributed by atoms with Gasteiger partial charge in [-0.15, -0.1) is 0 Å². The fourth-order valence-electron chi connectivity index (χ4n) is 4.39. The molecular formula is C26H50O7Si2. The monoisotopic (exact) mass is 530 g/mol. The van der Waals surface area contributed by atoms with E-state index >= 15 is 0 Å². The number of hydrogen-bond donors (Lipinski definition) is 0. The van der Waals surface area contributed by atoms with Gasteiger partial charge in [0.2, 0.25) is 0 Å². The van der Waals surface area contributed by atoms with E-state index in [9.17, 15) is 0 Å². The van der Waals surface area contributed by atoms with Gasteiger partial charge in [-0.1, -0.05) is 12.1 Å². The van der Waals surface area contributed by atoms with E-state index in [4.69, 9.17) is 31.3 Å². The highest BCUT2D eigenvalue weighted by molar-refractivity contribution is 6.61. The van der Waals surface area contributed by atoms with Gasteiger partial charge < -0.3 is 31.3 Å². The average molecular weight is 531 g/mol. The number of ether oxygens (including phenoxy) is 1. The van der Waals surface area contributed by atoms with Crippen LogP contribution in [0.5, 0.6) is 5.75 Å². The molecule has 0 N–H and O–H groups in total. The van der Waals surface area contributed by atoms with Crippen LogP contribution in [0.1, 0.15) is 71.1 Å². The minimum Gasteiger partial charge on any atom is -0.493 e. The molecule has 1 aromatic carbocycles. The first-order chi connectivity index (χ1) is 16.8. The van der Waals surface area contributed by atoms with Crippen molar-refractivity contribution in [2.75, 3.05) is 46.2 Å². The molecule has 0 saturated heterocycles. The standard InChI is InChI=1S/C26H50O7Si2/c1-9-28-34(29-10-2,30-11-3)19-15-17-25-21-23(7)26(24(8)22-25)27-18-16-20-35(31-12-4,32-13-5)33-14-6/h21-22H,9-20H2,1-8H3. The summed E-state index contributed by atoms with van der Waals surface area (Å²) < 4.78 is 42.0. The lowest BCUT2D eigenvalue weighted by molar-refractivity contribution is 0.0693. The van der Waals surface area contributed by atoms with Crippen molar-refractivity contribution in [2.45, 2.75) is 86.7 Å². The molecule has 0 aliphatic heterocycles. The molecule has 0 fully saturated rings. The zero-order valence-corrected chi connectivity index (χ0v) is 25.5. The number of benzene rings is 1. The van der Waals surface area contributed by atoms with E-state index in [2.05, 4.69) is 26.0 Å². The minimum atomic E-state index is -2.63. The molecule has 1 rings (SSSR count). The van der Waals surface area contributed by atoms with Crippen LogP contribution in [0, 0.1) is 13.8 Å². The van der Waals surface area contributed by atoms with Gasteiger partial charge in [0, 0.05) is 51.7 Å². The fraction of sp³-hybridized carbons (Fsp3) is 0.769. The molecule has 0 atom stereocenters. The normalized spacial score (nSPS) is 12.3. The van der Waals surface area contributed by atoms with Gasteiger partial charge in [0.05, 0.1) is 6.61 Å². The van der Waals surface area contributed by atoms with E-state index in [1.807, 2.05) is 41.5 Å². The molecule has 0 aromatic heterocycles. The summed E-state index contributed by atoms with van der Waals surface area (Å²) in [5.41, 5.74) is 3.62. The molecule has 0 spiro atoms. The second kappa shape index (κ2) is 17.6. The Hall–Kier alpha value is -0.786. The molecule has 0 saturated carbocycles. The van der Waals surface area contributed by atoms with E-state index in [0.717, 1.165) is 48.2 Å². The average Bonchev–Trinajstić information content (AvgIpc) is 2.79. The quantitative estimate of drug-likeness (QED) is 0.140. The summed E-state index contributed by atoms with van der Waals surface area (Å²) in [6.07, 6.45) is 2.74. The molecule has 0 aliphatic carbocycles. The summed E-state index contributed by atoms with van der Waals surface area (Å²) in [4.78, 5) is 0. The van der Waals surface area contributed by atoms with E-state index in [1.54, 1.807) is 0 Å². The molecule has 0 amide bonds. The Balaban J connectivity index is 2.71. The SMILES string of the molecule is CCO[Si](CCCOc1c(C)cc(CCC[Si](OCC)(OCC)OCC)cc1C)(OCC)OCC. The van der Waals surface area contributed by atoms with E-state index < -0.39 is 17.6 Å². The number of aryl methyl sites for hydroxylation is 3. The molecule has 0 bridgehead atoms. The zero-order valence-electron chi connectivity index (χ0n) is 23.5. The Labute approximate surface area is 216 Å². The Morgan fingerprint density at radius 3 is 1.31 bits per heavy atom. The van der Waals surface area contributed by atoms with Gasteiger partial charge in [-0.2, -0.15) is 0 Å². The molecule has 0 heterocycles. The van der Waals surface area contributed by atoms with E-state index in [0.29, 0.717) is 46.2 Å². The van der Waals surface area contributed by atoms with Crippen LogP contribution in [-0.2, 0) is 33.0 Å². The molecule has 0 aliphatic rings. The van der Waals surface area contributed by atoms with Crippen molar-refractivity contribution in [1.82, 2.24) is 0 Å². The molecule has 204 valence electrons. The fourth-order valence-corrected chi connectivity index (χ4v) is 9.58. The topological polar surface area (TPSA) is 64.6 Å². The third kappa shape index (κ3) is 11.0. The summed E-state index contributed by atoms with van der Waals surface area (Å²) >= 11 is 0. The summed E-state index contributed by atoms with van der Waals surface area (Å²) in [6, 6.07) is 6.04. The van der Waals surface area contributed by atoms with Crippen LogP contribution in [0.15, 0.2) is 12.1 Å². The lowest BCUT2D eigenvalue weighted by Crippen LogP contribution is -2.46. The Bertz CT molecular complexity index is 645. The van der Waals surface area contributed by atoms with Crippen LogP contribution < -0.4 is 4.74 Å². The molecule has 1 aromatic rings. The first-order valence-corrected chi connectivity index (χ1v) is 17.3. The lowest BCUT2D eigenvalue weighted by atomic mass is 10.0.